The summed E-state index contributed by atoms with van der Waals surface area (Å²) in [5, 5.41) is 20.8. The van der Waals surface area contributed by atoms with E-state index in [9.17, 15) is 23.1 Å². The number of nitrogens with one attached hydrogen (secondary N) is 1. The number of nitrogens with zero attached hydrogens (tertiary/aromatic N) is 4. The molecule has 0 atom stereocenters. The van der Waals surface area contributed by atoms with Gasteiger partial charge in [0.2, 0.25) is 5.88 Å². The number of aliphatic hydroxyl groups excluding tert-OH is 1. The number of benzene rings is 1. The van der Waals surface area contributed by atoms with Crippen molar-refractivity contribution in [3.63, 3.8) is 0 Å². The first-order valence-corrected chi connectivity index (χ1v) is 11.3. The van der Waals surface area contributed by atoms with E-state index >= 15 is 0 Å². The zero-order valence-electron chi connectivity index (χ0n) is 20.5. The van der Waals surface area contributed by atoms with Gasteiger partial charge in [0.1, 0.15) is 12.4 Å². The van der Waals surface area contributed by atoms with Gasteiger partial charge in [-0.15, -0.1) is 0 Å². The molecule has 0 fully saturated rings. The number of aryl methyl sites for hydroxylation is 2. The van der Waals surface area contributed by atoms with Crippen molar-refractivity contribution in [2.24, 2.45) is 0 Å². The molecule has 0 spiro atoms. The predicted molar refractivity (Wildman–Crippen MR) is 129 cm³/mol. The van der Waals surface area contributed by atoms with E-state index in [0.717, 1.165) is 6.07 Å². The third kappa shape index (κ3) is 5.20. The molecule has 11 heteroatoms. The van der Waals surface area contributed by atoms with Crippen molar-refractivity contribution >= 4 is 23.6 Å². The summed E-state index contributed by atoms with van der Waals surface area (Å²) in [6, 6.07) is 1.52. The van der Waals surface area contributed by atoms with Gasteiger partial charge in [0.05, 0.1) is 52.7 Å². The number of allylic oxidation sites excluding steroid dienone is 1. The lowest BCUT2D eigenvalue weighted by Crippen LogP contribution is -2.16. The maximum absolute atomic E-state index is 14.1. The van der Waals surface area contributed by atoms with Crippen molar-refractivity contribution < 1.29 is 27.8 Å². The summed E-state index contributed by atoms with van der Waals surface area (Å²) in [4.78, 5) is 13.3. The number of aliphatic hydroxyl groups is 1. The van der Waals surface area contributed by atoms with Crippen LogP contribution in [-0.4, -0.2) is 37.2 Å². The minimum absolute atomic E-state index is 0.0979. The Bertz CT molecular complexity index is 1330. The number of carbonyl (C=O) groups is 1. The molecule has 2 heterocycles. The van der Waals surface area contributed by atoms with Crippen LogP contribution < -0.4 is 5.32 Å². The third-order valence-corrected chi connectivity index (χ3v) is 5.54. The summed E-state index contributed by atoms with van der Waals surface area (Å²) >= 11 is 0. The fourth-order valence-electron chi connectivity index (χ4n) is 3.78. The molecule has 36 heavy (non-hydrogen) atoms. The van der Waals surface area contributed by atoms with E-state index in [0.29, 0.717) is 41.0 Å². The van der Waals surface area contributed by atoms with Gasteiger partial charge in [-0.1, -0.05) is 13.5 Å². The number of carbonyl (C=O) groups excluding carboxylic acids is 1. The minimum Gasteiger partial charge on any atom is -0.473 e. The molecule has 0 aliphatic heterocycles. The second kappa shape index (κ2) is 11.3. The standard InChI is InChI=1S/C25H28F3N5O3/c1-6-8-21(36-13-17-18(26)9-10-19(27)23(17)28)33-20(7-2)22(14(3)31-33)25(35)29-24-15(4)30-32(11-12-34)16(24)5/h7-10,34H,2,6,11-13H2,1,3-5H3,(H,29,35)/b21-8+. The minimum atomic E-state index is -1.33. The van der Waals surface area contributed by atoms with Gasteiger partial charge in [0, 0.05) is 0 Å². The zero-order valence-corrected chi connectivity index (χ0v) is 20.5. The summed E-state index contributed by atoms with van der Waals surface area (Å²) in [5.41, 5.74) is 2.06. The van der Waals surface area contributed by atoms with Gasteiger partial charge in [-0.05, 0) is 51.5 Å². The quantitative estimate of drug-likeness (QED) is 0.308. The summed E-state index contributed by atoms with van der Waals surface area (Å²) in [5.74, 6) is -3.84. The van der Waals surface area contributed by atoms with Crippen molar-refractivity contribution in [1.29, 1.82) is 0 Å². The normalized spacial score (nSPS) is 11.6. The molecule has 3 aromatic rings. The van der Waals surface area contributed by atoms with Crippen LogP contribution in [0.25, 0.3) is 12.0 Å². The highest BCUT2D eigenvalue weighted by atomic mass is 19.2. The molecular weight excluding hydrogens is 475 g/mol. The van der Waals surface area contributed by atoms with E-state index in [4.69, 9.17) is 4.74 Å². The Morgan fingerprint density at radius 2 is 1.86 bits per heavy atom. The molecular formula is C25H28F3N5O3. The van der Waals surface area contributed by atoms with Crippen LogP contribution in [0.4, 0.5) is 18.9 Å². The number of hydrogen-bond acceptors (Lipinski definition) is 5. The van der Waals surface area contributed by atoms with Crippen LogP contribution in [0.15, 0.2) is 24.8 Å². The number of anilines is 1. The summed E-state index contributed by atoms with van der Waals surface area (Å²) < 4.78 is 50.4. The molecule has 0 unspecified atom stereocenters. The van der Waals surface area contributed by atoms with Gasteiger partial charge in [-0.2, -0.15) is 10.2 Å². The van der Waals surface area contributed by atoms with Crippen molar-refractivity contribution in [2.45, 2.75) is 47.3 Å². The van der Waals surface area contributed by atoms with Crippen LogP contribution in [0, 0.1) is 38.2 Å². The summed E-state index contributed by atoms with van der Waals surface area (Å²) in [6.07, 6.45) is 3.51. The van der Waals surface area contributed by atoms with Gasteiger partial charge in [-0.25, -0.2) is 17.9 Å². The van der Waals surface area contributed by atoms with Crippen LogP contribution in [-0.2, 0) is 17.9 Å². The fraction of sp³-hybridized carbons (Fsp3) is 0.320. The van der Waals surface area contributed by atoms with E-state index < -0.39 is 35.5 Å². The average Bonchev–Trinajstić information content (AvgIpc) is 3.31. The molecule has 1 aromatic carbocycles. The van der Waals surface area contributed by atoms with Crippen LogP contribution in [0.2, 0.25) is 0 Å². The molecule has 0 saturated heterocycles. The number of amides is 1. The third-order valence-electron chi connectivity index (χ3n) is 5.54. The lowest BCUT2D eigenvalue weighted by atomic mass is 10.1. The monoisotopic (exact) mass is 503 g/mol. The predicted octanol–water partition coefficient (Wildman–Crippen LogP) is 4.73. The highest BCUT2D eigenvalue weighted by Crippen LogP contribution is 2.26. The Labute approximate surface area is 206 Å². The van der Waals surface area contributed by atoms with E-state index in [1.807, 2.05) is 6.92 Å². The summed E-state index contributed by atoms with van der Waals surface area (Å²) in [7, 11) is 0. The Morgan fingerprint density at radius 3 is 2.50 bits per heavy atom. The van der Waals surface area contributed by atoms with Crippen molar-refractivity contribution in [3.05, 3.63) is 76.1 Å². The Kier molecular flexibility index (Phi) is 8.36. The second-order valence-electron chi connectivity index (χ2n) is 7.97. The van der Waals surface area contributed by atoms with Crippen molar-refractivity contribution in [2.75, 3.05) is 11.9 Å². The number of aromatic nitrogens is 4. The molecule has 1 amide bonds. The number of hydrogen-bond donors (Lipinski definition) is 2. The van der Waals surface area contributed by atoms with Crippen LogP contribution in [0.3, 0.4) is 0 Å². The lowest BCUT2D eigenvalue weighted by Gasteiger charge is -2.14. The second-order valence-corrected chi connectivity index (χ2v) is 7.97. The van der Waals surface area contributed by atoms with Crippen molar-refractivity contribution in [3.8, 4) is 0 Å². The average molecular weight is 504 g/mol. The number of halogens is 3. The SMILES string of the molecule is C=Cc1c(C(=O)Nc2c(C)nn(CCO)c2C)c(C)nn1/C(=C\CC)OCc1c(F)ccc(F)c1F. The van der Waals surface area contributed by atoms with Gasteiger partial charge < -0.3 is 15.2 Å². The molecule has 192 valence electrons. The molecule has 2 aromatic heterocycles. The van der Waals surface area contributed by atoms with Crippen LogP contribution in [0.1, 0.15) is 52.0 Å². The molecule has 0 saturated carbocycles. The first kappa shape index (κ1) is 26.7. The topological polar surface area (TPSA) is 94.2 Å². The maximum Gasteiger partial charge on any atom is 0.259 e. The van der Waals surface area contributed by atoms with Gasteiger partial charge >= 0.3 is 0 Å². The molecule has 0 bridgehead atoms. The first-order valence-electron chi connectivity index (χ1n) is 11.3. The largest absolute Gasteiger partial charge is 0.473 e. The smallest absolute Gasteiger partial charge is 0.259 e. The van der Waals surface area contributed by atoms with E-state index in [2.05, 4.69) is 22.1 Å². The van der Waals surface area contributed by atoms with E-state index in [1.165, 1.54) is 10.8 Å². The fourth-order valence-corrected chi connectivity index (χ4v) is 3.78. The molecule has 0 radical (unpaired) electrons. The molecule has 0 aliphatic carbocycles. The molecule has 3 rings (SSSR count). The maximum atomic E-state index is 14.1. The first-order chi connectivity index (χ1) is 17.1. The van der Waals surface area contributed by atoms with Gasteiger partial charge in [0.15, 0.2) is 11.6 Å². The Balaban J connectivity index is 1.95. The summed E-state index contributed by atoms with van der Waals surface area (Å²) in [6.45, 7) is 10.3. The van der Waals surface area contributed by atoms with Crippen molar-refractivity contribution in [1.82, 2.24) is 19.6 Å². The van der Waals surface area contributed by atoms with Gasteiger partial charge in [0.25, 0.3) is 5.91 Å². The molecule has 2 N–H and O–H groups in total. The highest BCUT2D eigenvalue weighted by molar-refractivity contribution is 6.07. The van der Waals surface area contributed by atoms with Crippen LogP contribution >= 0.6 is 0 Å². The molecule has 8 nitrogen and oxygen atoms in total. The lowest BCUT2D eigenvalue weighted by molar-refractivity contribution is 0.102. The Hall–Kier alpha value is -3.86. The van der Waals surface area contributed by atoms with E-state index in [1.54, 1.807) is 31.5 Å². The Morgan fingerprint density at radius 1 is 1.17 bits per heavy atom. The number of rotatable bonds is 10. The number of ether oxygens (including phenoxy) is 1. The van der Waals surface area contributed by atoms with Crippen LogP contribution in [0.5, 0.6) is 0 Å². The van der Waals surface area contributed by atoms with E-state index in [-0.39, 0.29) is 24.6 Å². The van der Waals surface area contributed by atoms with Gasteiger partial charge in [-0.3, -0.25) is 9.48 Å². The zero-order chi connectivity index (χ0) is 26.6. The molecule has 0 aliphatic rings. The highest BCUT2D eigenvalue weighted by Gasteiger charge is 2.25.